The second-order valence-electron chi connectivity index (χ2n) is 8.40. The predicted molar refractivity (Wildman–Crippen MR) is 140 cm³/mol. The van der Waals surface area contributed by atoms with Crippen LogP contribution in [0.3, 0.4) is 0 Å². The maximum atomic E-state index is 4.87. The molecule has 0 saturated heterocycles. The van der Waals surface area contributed by atoms with Gasteiger partial charge in [-0.1, -0.05) is 36.4 Å². The van der Waals surface area contributed by atoms with Crippen LogP contribution in [0.4, 0.5) is 0 Å². The first kappa shape index (κ1) is 20.2. The lowest BCUT2D eigenvalue weighted by Crippen LogP contribution is -2.02. The molecule has 0 N–H and O–H groups in total. The molecule has 5 aromatic heterocycles. The fraction of sp³-hybridized carbons (Fsp3) is 0. The number of rotatable bonds is 4. The van der Waals surface area contributed by atoms with Gasteiger partial charge in [0.05, 0.1) is 16.7 Å². The molecule has 0 saturated carbocycles. The molecule has 0 atom stereocenters. The molecule has 0 aliphatic heterocycles. The molecular weight excluding hydrogens is 446 g/mol. The molecule has 7 nitrogen and oxygen atoms in total. The minimum Gasteiger partial charge on any atom is -0.294 e. The third-order valence-corrected chi connectivity index (χ3v) is 6.32. The lowest BCUT2D eigenvalue weighted by molar-refractivity contribution is 1.04. The number of hydrogen-bond donors (Lipinski definition) is 0. The highest BCUT2D eigenvalue weighted by molar-refractivity contribution is 6.09. The summed E-state index contributed by atoms with van der Waals surface area (Å²) in [7, 11) is 0. The molecule has 0 radical (unpaired) electrons. The van der Waals surface area contributed by atoms with Crippen LogP contribution < -0.4 is 0 Å². The van der Waals surface area contributed by atoms with E-state index in [1.54, 1.807) is 24.8 Å². The Bertz CT molecular complexity index is 1770. The fourth-order valence-electron chi connectivity index (χ4n) is 4.71. The van der Waals surface area contributed by atoms with Crippen molar-refractivity contribution in [2.75, 3.05) is 0 Å². The van der Waals surface area contributed by atoms with Crippen molar-refractivity contribution in [1.29, 1.82) is 0 Å². The minimum absolute atomic E-state index is 0.696. The molecule has 0 fully saturated rings. The maximum absolute atomic E-state index is 4.87. The summed E-state index contributed by atoms with van der Waals surface area (Å²) in [6, 6.07) is 28.6. The number of pyridine rings is 3. The van der Waals surface area contributed by atoms with Crippen LogP contribution in [0.25, 0.3) is 56.1 Å². The van der Waals surface area contributed by atoms with Crippen molar-refractivity contribution in [3.05, 3.63) is 116 Å². The van der Waals surface area contributed by atoms with Crippen LogP contribution in [0.15, 0.2) is 116 Å². The zero-order valence-electron chi connectivity index (χ0n) is 19.1. The molecule has 7 aromatic rings. The lowest BCUT2D eigenvalue weighted by atomic mass is 10.2. The summed E-state index contributed by atoms with van der Waals surface area (Å²) < 4.78 is 4.21. The summed E-state index contributed by atoms with van der Waals surface area (Å²) in [4.78, 5) is 13.3. The monoisotopic (exact) mass is 465 g/mol. The number of para-hydroxylation sites is 2. The van der Waals surface area contributed by atoms with Crippen LogP contribution in [-0.2, 0) is 0 Å². The van der Waals surface area contributed by atoms with Crippen molar-refractivity contribution in [2.24, 2.45) is 0 Å². The first-order valence-electron chi connectivity index (χ1n) is 11.6. The van der Waals surface area contributed by atoms with Crippen molar-refractivity contribution in [3.63, 3.8) is 0 Å². The normalized spacial score (nSPS) is 11.3. The van der Waals surface area contributed by atoms with Gasteiger partial charge in [-0.3, -0.25) is 19.1 Å². The van der Waals surface area contributed by atoms with Gasteiger partial charge in [0.15, 0.2) is 11.6 Å². The van der Waals surface area contributed by atoms with Crippen LogP contribution in [0.1, 0.15) is 0 Å². The van der Waals surface area contributed by atoms with Crippen molar-refractivity contribution < 1.29 is 0 Å². The van der Waals surface area contributed by atoms with Gasteiger partial charge in [0, 0.05) is 52.9 Å². The van der Waals surface area contributed by atoms with Gasteiger partial charge in [0.25, 0.3) is 0 Å². The van der Waals surface area contributed by atoms with Crippen LogP contribution >= 0.6 is 0 Å². The summed E-state index contributed by atoms with van der Waals surface area (Å²) in [5.74, 6) is 2.25. The van der Waals surface area contributed by atoms with Crippen molar-refractivity contribution >= 4 is 21.8 Å². The predicted octanol–water partition coefficient (Wildman–Crippen LogP) is 5.88. The quantitative estimate of drug-likeness (QED) is 0.324. The summed E-state index contributed by atoms with van der Waals surface area (Å²) in [6.45, 7) is 0. The number of fused-ring (bicyclic) bond motifs is 3. The molecular formula is C29H19N7. The first-order chi connectivity index (χ1) is 17.9. The molecule has 7 rings (SSSR count). The zero-order valence-corrected chi connectivity index (χ0v) is 19.1. The second kappa shape index (κ2) is 8.25. The van der Waals surface area contributed by atoms with E-state index in [1.807, 2.05) is 47.2 Å². The molecule has 0 bridgehead atoms. The molecule has 0 aliphatic rings. The largest absolute Gasteiger partial charge is 0.294 e. The fourth-order valence-corrected chi connectivity index (χ4v) is 4.71. The SMILES string of the molecule is c1cncc(-c2nnc(-c3ccc(-n4c5ccccc5c5ccccc54)nc3)n2-c2ccncc2)c1. The average Bonchev–Trinajstić information content (AvgIpc) is 3.54. The highest BCUT2D eigenvalue weighted by atomic mass is 15.3. The van der Waals surface area contributed by atoms with Crippen molar-refractivity contribution in [2.45, 2.75) is 0 Å². The standard InChI is InChI=1S/C29H19N7/c1-3-9-25-23(7-1)24-8-2-4-10-26(24)36(25)27-12-11-21(19-32-27)29-34-33-28(20-6-5-15-31-18-20)35(29)22-13-16-30-17-14-22/h1-19H. The molecule has 5 heterocycles. The summed E-state index contributed by atoms with van der Waals surface area (Å²) in [5, 5.41) is 11.5. The Balaban J connectivity index is 1.39. The van der Waals surface area contributed by atoms with E-state index in [4.69, 9.17) is 4.98 Å². The van der Waals surface area contributed by atoms with E-state index >= 15 is 0 Å². The number of nitrogens with zero attached hydrogens (tertiary/aromatic N) is 7. The summed E-state index contributed by atoms with van der Waals surface area (Å²) in [5.41, 5.74) is 4.90. The van der Waals surface area contributed by atoms with Crippen LogP contribution in [-0.4, -0.2) is 34.3 Å². The van der Waals surface area contributed by atoms with Gasteiger partial charge in [-0.05, 0) is 48.5 Å². The topological polar surface area (TPSA) is 74.3 Å². The van der Waals surface area contributed by atoms with Crippen LogP contribution in [0, 0.1) is 0 Å². The highest BCUT2D eigenvalue weighted by Crippen LogP contribution is 2.32. The van der Waals surface area contributed by atoms with E-state index in [0.717, 1.165) is 33.7 Å². The number of aromatic nitrogens is 7. The van der Waals surface area contributed by atoms with Gasteiger partial charge in [-0.15, -0.1) is 10.2 Å². The summed E-state index contributed by atoms with van der Waals surface area (Å²) >= 11 is 0. The molecule has 7 heteroatoms. The van der Waals surface area contributed by atoms with Gasteiger partial charge >= 0.3 is 0 Å². The van der Waals surface area contributed by atoms with E-state index in [9.17, 15) is 0 Å². The van der Waals surface area contributed by atoms with Gasteiger partial charge in [0.1, 0.15) is 5.82 Å². The molecule has 2 aromatic carbocycles. The van der Waals surface area contributed by atoms with Gasteiger partial charge in [-0.2, -0.15) is 0 Å². The Morgan fingerprint density at radius 3 is 1.78 bits per heavy atom. The van der Waals surface area contributed by atoms with Gasteiger partial charge in [0.2, 0.25) is 0 Å². The second-order valence-corrected chi connectivity index (χ2v) is 8.40. The third-order valence-electron chi connectivity index (χ3n) is 6.32. The zero-order chi connectivity index (χ0) is 23.9. The molecule has 36 heavy (non-hydrogen) atoms. The molecule has 0 amide bonds. The Kier molecular flexibility index (Phi) is 4.63. The van der Waals surface area contributed by atoms with E-state index in [1.165, 1.54) is 10.8 Å². The molecule has 170 valence electrons. The average molecular weight is 466 g/mol. The van der Waals surface area contributed by atoms with Crippen molar-refractivity contribution in [3.8, 4) is 34.3 Å². The molecule has 0 unspecified atom stereocenters. The number of benzene rings is 2. The minimum atomic E-state index is 0.696. The highest BCUT2D eigenvalue weighted by Gasteiger charge is 2.18. The maximum Gasteiger partial charge on any atom is 0.170 e. The van der Waals surface area contributed by atoms with E-state index in [2.05, 4.69) is 73.3 Å². The van der Waals surface area contributed by atoms with E-state index in [-0.39, 0.29) is 0 Å². The smallest absolute Gasteiger partial charge is 0.170 e. The lowest BCUT2D eigenvalue weighted by Gasteiger charge is -2.11. The summed E-state index contributed by atoms with van der Waals surface area (Å²) in [6.07, 6.45) is 8.91. The van der Waals surface area contributed by atoms with E-state index < -0.39 is 0 Å². The van der Waals surface area contributed by atoms with Gasteiger partial charge < -0.3 is 0 Å². The van der Waals surface area contributed by atoms with E-state index in [0.29, 0.717) is 11.6 Å². The van der Waals surface area contributed by atoms with Crippen LogP contribution in [0.2, 0.25) is 0 Å². The first-order valence-corrected chi connectivity index (χ1v) is 11.6. The molecule has 0 aliphatic carbocycles. The van der Waals surface area contributed by atoms with Gasteiger partial charge in [-0.25, -0.2) is 4.98 Å². The Morgan fingerprint density at radius 1 is 0.500 bits per heavy atom. The third kappa shape index (κ3) is 3.18. The van der Waals surface area contributed by atoms with Crippen molar-refractivity contribution in [1.82, 2.24) is 34.3 Å². The Hall–Kier alpha value is -5.17. The molecule has 0 spiro atoms. The Morgan fingerprint density at radius 2 is 1.17 bits per heavy atom. The van der Waals surface area contributed by atoms with Crippen LogP contribution in [0.5, 0.6) is 0 Å². The Labute approximate surface area is 206 Å². The number of hydrogen-bond acceptors (Lipinski definition) is 5.